The number of aromatic nitrogens is 1. The van der Waals surface area contributed by atoms with Gasteiger partial charge in [-0.15, -0.1) is 11.3 Å². The van der Waals surface area contributed by atoms with E-state index in [1.165, 1.54) is 18.3 Å². The number of rotatable bonds is 5. The molecule has 0 saturated carbocycles. The summed E-state index contributed by atoms with van der Waals surface area (Å²) in [6.45, 7) is 1.78. The molecule has 6 heteroatoms. The molecule has 0 spiro atoms. The van der Waals surface area contributed by atoms with Crippen LogP contribution < -0.4 is 5.32 Å². The van der Waals surface area contributed by atoms with Gasteiger partial charge in [-0.3, -0.25) is 9.59 Å². The Labute approximate surface area is 91.1 Å². The summed E-state index contributed by atoms with van der Waals surface area (Å²) in [5, 5.41) is 13.0. The standard InChI is InChI=1S/C9H12N2O3S/c1-6(9(13)14)8(12)10-3-2-7-4-15-5-11-7/h4-6H,2-3H2,1H3,(H,10,12)(H,13,14). The molecule has 1 atom stereocenters. The van der Waals surface area contributed by atoms with Crippen LogP contribution in [-0.2, 0) is 16.0 Å². The average molecular weight is 228 g/mol. The van der Waals surface area contributed by atoms with Crippen molar-refractivity contribution in [2.24, 2.45) is 5.92 Å². The molecule has 0 saturated heterocycles. The molecule has 1 unspecified atom stereocenters. The van der Waals surface area contributed by atoms with Crippen LogP contribution in [0.2, 0.25) is 0 Å². The molecule has 0 fully saturated rings. The van der Waals surface area contributed by atoms with Crippen LogP contribution in [0, 0.1) is 5.92 Å². The number of carbonyl (C=O) groups excluding carboxylic acids is 1. The lowest BCUT2D eigenvalue weighted by Crippen LogP contribution is -2.34. The smallest absolute Gasteiger partial charge is 0.315 e. The third-order valence-corrected chi connectivity index (χ3v) is 2.56. The van der Waals surface area contributed by atoms with Gasteiger partial charge in [-0.1, -0.05) is 0 Å². The van der Waals surface area contributed by atoms with Crippen LogP contribution >= 0.6 is 11.3 Å². The fourth-order valence-electron chi connectivity index (χ4n) is 0.940. The number of carboxylic acids is 1. The van der Waals surface area contributed by atoms with Gasteiger partial charge in [-0.05, 0) is 6.92 Å². The number of hydrogen-bond acceptors (Lipinski definition) is 4. The van der Waals surface area contributed by atoms with E-state index in [4.69, 9.17) is 5.11 Å². The highest BCUT2D eigenvalue weighted by atomic mass is 32.1. The summed E-state index contributed by atoms with van der Waals surface area (Å²) in [4.78, 5) is 25.7. The van der Waals surface area contributed by atoms with Crippen molar-refractivity contribution in [3.05, 3.63) is 16.6 Å². The molecular weight excluding hydrogens is 216 g/mol. The summed E-state index contributed by atoms with van der Waals surface area (Å²) < 4.78 is 0. The Hall–Kier alpha value is -1.43. The van der Waals surface area contributed by atoms with Gasteiger partial charge in [0.05, 0.1) is 11.2 Å². The Balaban J connectivity index is 2.26. The van der Waals surface area contributed by atoms with Crippen molar-refractivity contribution in [3.8, 4) is 0 Å². The van der Waals surface area contributed by atoms with E-state index in [0.29, 0.717) is 13.0 Å². The van der Waals surface area contributed by atoms with Crippen LogP contribution in [0.5, 0.6) is 0 Å². The molecule has 0 aliphatic carbocycles. The summed E-state index contributed by atoms with van der Waals surface area (Å²) in [7, 11) is 0. The highest BCUT2D eigenvalue weighted by molar-refractivity contribution is 7.07. The predicted octanol–water partition coefficient (Wildman–Crippen LogP) is 0.522. The molecule has 0 aromatic carbocycles. The molecule has 0 radical (unpaired) electrons. The van der Waals surface area contributed by atoms with E-state index in [9.17, 15) is 9.59 Å². The maximum atomic E-state index is 11.2. The minimum atomic E-state index is -1.11. The zero-order valence-electron chi connectivity index (χ0n) is 8.27. The van der Waals surface area contributed by atoms with Crippen LogP contribution in [0.1, 0.15) is 12.6 Å². The normalized spacial score (nSPS) is 12.1. The van der Waals surface area contributed by atoms with Crippen molar-refractivity contribution in [1.29, 1.82) is 0 Å². The second kappa shape index (κ2) is 5.45. The molecule has 0 aliphatic rings. The first kappa shape index (κ1) is 11.6. The molecule has 1 heterocycles. The van der Waals surface area contributed by atoms with E-state index >= 15 is 0 Å². The van der Waals surface area contributed by atoms with Gasteiger partial charge in [-0.2, -0.15) is 0 Å². The number of thiazole rings is 1. The molecule has 1 aromatic rings. The molecular formula is C9H12N2O3S. The van der Waals surface area contributed by atoms with E-state index in [-0.39, 0.29) is 0 Å². The quantitative estimate of drug-likeness (QED) is 0.720. The van der Waals surface area contributed by atoms with Crippen molar-refractivity contribution in [2.75, 3.05) is 6.54 Å². The van der Waals surface area contributed by atoms with E-state index in [0.717, 1.165) is 5.69 Å². The van der Waals surface area contributed by atoms with Crippen LogP contribution in [0.25, 0.3) is 0 Å². The molecule has 2 N–H and O–H groups in total. The summed E-state index contributed by atoms with van der Waals surface area (Å²) in [6.07, 6.45) is 0.627. The lowest BCUT2D eigenvalue weighted by Gasteiger charge is -2.06. The first-order chi connectivity index (χ1) is 7.11. The van der Waals surface area contributed by atoms with Crippen LogP contribution in [0.3, 0.4) is 0 Å². The summed E-state index contributed by atoms with van der Waals surface area (Å²) in [5.74, 6) is -2.57. The molecule has 15 heavy (non-hydrogen) atoms. The number of carboxylic acid groups (broad SMARTS) is 1. The number of amides is 1. The second-order valence-electron chi connectivity index (χ2n) is 3.08. The van der Waals surface area contributed by atoms with Crippen molar-refractivity contribution < 1.29 is 14.7 Å². The highest BCUT2D eigenvalue weighted by Crippen LogP contribution is 2.01. The van der Waals surface area contributed by atoms with Gasteiger partial charge in [-0.25, -0.2) is 4.98 Å². The molecule has 5 nitrogen and oxygen atoms in total. The third kappa shape index (κ3) is 3.67. The van der Waals surface area contributed by atoms with E-state index < -0.39 is 17.8 Å². The predicted molar refractivity (Wildman–Crippen MR) is 55.6 cm³/mol. The maximum Gasteiger partial charge on any atom is 0.315 e. The Bertz CT molecular complexity index is 337. The Morgan fingerprint density at radius 2 is 2.40 bits per heavy atom. The minimum Gasteiger partial charge on any atom is -0.481 e. The number of nitrogens with one attached hydrogen (secondary N) is 1. The SMILES string of the molecule is CC(C(=O)O)C(=O)NCCc1cscn1. The number of hydrogen-bond donors (Lipinski definition) is 2. The van der Waals surface area contributed by atoms with Gasteiger partial charge < -0.3 is 10.4 Å². The Kier molecular flexibility index (Phi) is 4.23. The van der Waals surface area contributed by atoms with Gasteiger partial charge >= 0.3 is 5.97 Å². The Morgan fingerprint density at radius 1 is 1.67 bits per heavy atom. The summed E-state index contributed by atoms with van der Waals surface area (Å²) in [5.41, 5.74) is 2.63. The van der Waals surface area contributed by atoms with Gasteiger partial charge in [0.1, 0.15) is 5.92 Å². The molecule has 1 rings (SSSR count). The number of aliphatic carboxylic acids is 1. The largest absolute Gasteiger partial charge is 0.481 e. The second-order valence-corrected chi connectivity index (χ2v) is 3.80. The average Bonchev–Trinajstić information content (AvgIpc) is 2.69. The van der Waals surface area contributed by atoms with E-state index in [2.05, 4.69) is 10.3 Å². The van der Waals surface area contributed by atoms with Crippen molar-refractivity contribution in [1.82, 2.24) is 10.3 Å². The first-order valence-electron chi connectivity index (χ1n) is 4.49. The van der Waals surface area contributed by atoms with Crippen LogP contribution in [0.4, 0.5) is 0 Å². The Morgan fingerprint density at radius 3 is 2.93 bits per heavy atom. The van der Waals surface area contributed by atoms with Crippen molar-refractivity contribution in [2.45, 2.75) is 13.3 Å². The monoisotopic (exact) mass is 228 g/mol. The lowest BCUT2D eigenvalue weighted by molar-refractivity contribution is -0.146. The third-order valence-electron chi connectivity index (χ3n) is 1.93. The highest BCUT2D eigenvalue weighted by Gasteiger charge is 2.19. The first-order valence-corrected chi connectivity index (χ1v) is 5.43. The fraction of sp³-hybridized carbons (Fsp3) is 0.444. The molecule has 1 aromatic heterocycles. The van der Waals surface area contributed by atoms with E-state index in [1.807, 2.05) is 5.38 Å². The molecule has 82 valence electrons. The van der Waals surface area contributed by atoms with Crippen LogP contribution in [-0.4, -0.2) is 28.5 Å². The van der Waals surface area contributed by atoms with E-state index in [1.54, 1.807) is 5.51 Å². The van der Waals surface area contributed by atoms with Gasteiger partial charge in [0, 0.05) is 18.3 Å². The lowest BCUT2D eigenvalue weighted by atomic mass is 10.1. The van der Waals surface area contributed by atoms with Crippen molar-refractivity contribution in [3.63, 3.8) is 0 Å². The minimum absolute atomic E-state index is 0.417. The zero-order valence-corrected chi connectivity index (χ0v) is 9.08. The number of carbonyl (C=O) groups is 2. The molecule has 0 aliphatic heterocycles. The van der Waals surface area contributed by atoms with Gasteiger partial charge in [0.2, 0.25) is 5.91 Å². The topological polar surface area (TPSA) is 79.3 Å². The van der Waals surface area contributed by atoms with Crippen LogP contribution in [0.15, 0.2) is 10.9 Å². The fourth-order valence-corrected chi connectivity index (χ4v) is 1.53. The van der Waals surface area contributed by atoms with Crippen molar-refractivity contribution >= 4 is 23.2 Å². The molecule has 0 bridgehead atoms. The number of nitrogens with zero attached hydrogens (tertiary/aromatic N) is 1. The molecule has 1 amide bonds. The van der Waals surface area contributed by atoms with Gasteiger partial charge in [0.25, 0.3) is 0 Å². The summed E-state index contributed by atoms with van der Waals surface area (Å²) in [6, 6.07) is 0. The van der Waals surface area contributed by atoms with Gasteiger partial charge in [0.15, 0.2) is 0 Å². The summed E-state index contributed by atoms with van der Waals surface area (Å²) >= 11 is 1.49. The zero-order chi connectivity index (χ0) is 11.3. The maximum absolute atomic E-state index is 11.2.